The Labute approximate surface area is 143 Å². The van der Waals surface area contributed by atoms with E-state index in [0.717, 1.165) is 19.1 Å². The van der Waals surface area contributed by atoms with Gasteiger partial charge in [-0.25, -0.2) is 8.42 Å². The predicted molar refractivity (Wildman–Crippen MR) is 90.9 cm³/mol. The number of amides is 1. The van der Waals surface area contributed by atoms with Gasteiger partial charge in [0.1, 0.15) is 0 Å². The van der Waals surface area contributed by atoms with Gasteiger partial charge < -0.3 is 14.4 Å². The molecule has 1 aliphatic rings. The first kappa shape index (κ1) is 18.9. The molecule has 0 N–H and O–H groups in total. The molecule has 1 heterocycles. The third kappa shape index (κ3) is 5.29. The highest BCUT2D eigenvalue weighted by Gasteiger charge is 2.24. The largest absolute Gasteiger partial charge is 0.382 e. The van der Waals surface area contributed by atoms with Crippen LogP contribution in [0.25, 0.3) is 0 Å². The third-order valence-corrected chi connectivity index (χ3v) is 5.34. The Balaban J connectivity index is 1.84. The zero-order valence-corrected chi connectivity index (χ0v) is 15.0. The molecule has 0 spiro atoms. The maximum Gasteiger partial charge on any atom is 0.253 e. The lowest BCUT2D eigenvalue weighted by Gasteiger charge is -2.32. The Morgan fingerprint density at radius 2 is 1.79 bits per heavy atom. The van der Waals surface area contributed by atoms with Gasteiger partial charge in [0, 0.05) is 38.6 Å². The summed E-state index contributed by atoms with van der Waals surface area (Å²) in [7, 11) is -1.59. The van der Waals surface area contributed by atoms with E-state index in [1.165, 1.54) is 12.1 Å². The van der Waals surface area contributed by atoms with Crippen molar-refractivity contribution in [3.05, 3.63) is 29.8 Å². The first-order chi connectivity index (χ1) is 11.4. The number of ether oxygens (including phenoxy) is 2. The van der Waals surface area contributed by atoms with Gasteiger partial charge in [0.15, 0.2) is 9.84 Å². The Bertz CT molecular complexity index is 633. The van der Waals surface area contributed by atoms with E-state index in [-0.39, 0.29) is 10.8 Å². The van der Waals surface area contributed by atoms with Gasteiger partial charge in [0.2, 0.25) is 0 Å². The van der Waals surface area contributed by atoms with Gasteiger partial charge in [-0.05, 0) is 43.0 Å². The fourth-order valence-corrected chi connectivity index (χ4v) is 3.35. The lowest BCUT2D eigenvalue weighted by molar-refractivity contribution is 0.0327. The van der Waals surface area contributed by atoms with Crippen molar-refractivity contribution in [1.82, 2.24) is 4.90 Å². The summed E-state index contributed by atoms with van der Waals surface area (Å²) >= 11 is 0. The molecule has 0 atom stereocenters. The standard InChI is InChI=1S/C17H25NO5S/c1-22-11-12-23-13-14-7-9-18(10-8-14)17(19)15-3-5-16(6-4-15)24(2,20)21/h3-6,14H,7-13H2,1-2H3. The second-order valence-electron chi connectivity index (χ2n) is 6.10. The minimum Gasteiger partial charge on any atom is -0.382 e. The van der Waals surface area contributed by atoms with E-state index in [4.69, 9.17) is 9.47 Å². The van der Waals surface area contributed by atoms with Gasteiger partial charge in [-0.3, -0.25) is 4.79 Å². The summed E-state index contributed by atoms with van der Waals surface area (Å²) in [5.74, 6) is 0.423. The lowest BCUT2D eigenvalue weighted by Crippen LogP contribution is -2.39. The van der Waals surface area contributed by atoms with Crippen LogP contribution in [-0.2, 0) is 19.3 Å². The van der Waals surface area contributed by atoms with Gasteiger partial charge in [-0.15, -0.1) is 0 Å². The van der Waals surface area contributed by atoms with Gasteiger partial charge in [0.05, 0.1) is 18.1 Å². The quantitative estimate of drug-likeness (QED) is 0.695. The Morgan fingerprint density at radius 1 is 1.17 bits per heavy atom. The van der Waals surface area contributed by atoms with E-state index >= 15 is 0 Å². The van der Waals surface area contributed by atoms with E-state index in [1.54, 1.807) is 19.2 Å². The molecular formula is C17H25NO5S. The number of hydrogen-bond donors (Lipinski definition) is 0. The average molecular weight is 355 g/mol. The molecule has 2 rings (SSSR count). The SMILES string of the molecule is COCCOCC1CCN(C(=O)c2ccc(S(C)(=O)=O)cc2)CC1. The van der Waals surface area contributed by atoms with E-state index in [9.17, 15) is 13.2 Å². The molecule has 1 aromatic rings. The van der Waals surface area contributed by atoms with E-state index in [0.29, 0.717) is 44.4 Å². The third-order valence-electron chi connectivity index (χ3n) is 4.22. The molecule has 24 heavy (non-hydrogen) atoms. The minimum absolute atomic E-state index is 0.0474. The second-order valence-corrected chi connectivity index (χ2v) is 8.12. The van der Waals surface area contributed by atoms with Crippen LogP contribution < -0.4 is 0 Å². The summed E-state index contributed by atoms with van der Waals surface area (Å²) in [5.41, 5.74) is 0.525. The molecule has 1 fully saturated rings. The van der Waals surface area contributed by atoms with Crippen LogP contribution in [0.5, 0.6) is 0 Å². The topological polar surface area (TPSA) is 72.9 Å². The number of sulfone groups is 1. The van der Waals surface area contributed by atoms with Crippen LogP contribution in [0.1, 0.15) is 23.2 Å². The molecule has 0 bridgehead atoms. The van der Waals surface area contributed by atoms with Gasteiger partial charge >= 0.3 is 0 Å². The van der Waals surface area contributed by atoms with Crippen LogP contribution >= 0.6 is 0 Å². The highest BCUT2D eigenvalue weighted by Crippen LogP contribution is 2.20. The van der Waals surface area contributed by atoms with Crippen molar-refractivity contribution in [1.29, 1.82) is 0 Å². The minimum atomic E-state index is -3.24. The number of benzene rings is 1. The smallest absolute Gasteiger partial charge is 0.253 e. The maximum absolute atomic E-state index is 12.5. The molecule has 6 nitrogen and oxygen atoms in total. The van der Waals surface area contributed by atoms with Crippen molar-refractivity contribution in [3.8, 4) is 0 Å². The van der Waals surface area contributed by atoms with Crippen molar-refractivity contribution in [3.63, 3.8) is 0 Å². The number of hydrogen-bond acceptors (Lipinski definition) is 5. The molecule has 0 aromatic heterocycles. The van der Waals surface area contributed by atoms with Crippen LogP contribution in [0.2, 0.25) is 0 Å². The van der Waals surface area contributed by atoms with Crippen molar-refractivity contribution in [2.75, 3.05) is 46.3 Å². The lowest BCUT2D eigenvalue weighted by atomic mass is 9.97. The van der Waals surface area contributed by atoms with E-state index in [1.807, 2.05) is 4.90 Å². The number of methoxy groups -OCH3 is 1. The van der Waals surface area contributed by atoms with Crippen LogP contribution in [0.4, 0.5) is 0 Å². The summed E-state index contributed by atoms with van der Waals surface area (Å²) in [6.07, 6.45) is 2.99. The summed E-state index contributed by atoms with van der Waals surface area (Å²) in [6.45, 7) is 3.30. The van der Waals surface area contributed by atoms with Crippen molar-refractivity contribution in [2.24, 2.45) is 5.92 Å². The zero-order valence-electron chi connectivity index (χ0n) is 14.2. The Hall–Kier alpha value is -1.44. The van der Waals surface area contributed by atoms with Crippen LogP contribution in [-0.4, -0.2) is 65.5 Å². The fraction of sp³-hybridized carbons (Fsp3) is 0.588. The molecule has 0 radical (unpaired) electrons. The van der Waals surface area contributed by atoms with Crippen molar-refractivity contribution >= 4 is 15.7 Å². The number of rotatable bonds is 7. The van der Waals surface area contributed by atoms with Crippen LogP contribution in [0.3, 0.4) is 0 Å². The van der Waals surface area contributed by atoms with Crippen LogP contribution in [0.15, 0.2) is 29.2 Å². The van der Waals surface area contributed by atoms with Crippen molar-refractivity contribution < 1.29 is 22.7 Å². The molecule has 0 unspecified atom stereocenters. The first-order valence-electron chi connectivity index (χ1n) is 8.08. The second kappa shape index (κ2) is 8.60. The normalized spacial score (nSPS) is 16.3. The number of likely N-dealkylation sites (tertiary alicyclic amines) is 1. The maximum atomic E-state index is 12.5. The highest BCUT2D eigenvalue weighted by atomic mass is 32.2. The first-order valence-corrected chi connectivity index (χ1v) is 9.97. The fourth-order valence-electron chi connectivity index (χ4n) is 2.72. The summed E-state index contributed by atoms with van der Waals surface area (Å²) < 4.78 is 33.4. The van der Waals surface area contributed by atoms with E-state index in [2.05, 4.69) is 0 Å². The Kier molecular flexibility index (Phi) is 6.77. The molecule has 0 aliphatic carbocycles. The molecule has 1 aliphatic heterocycles. The predicted octanol–water partition coefficient (Wildman–Crippen LogP) is 1.61. The van der Waals surface area contributed by atoms with Crippen LogP contribution in [0, 0.1) is 5.92 Å². The summed E-state index contributed by atoms with van der Waals surface area (Å²) in [6, 6.07) is 6.13. The monoisotopic (exact) mass is 355 g/mol. The molecule has 1 aromatic carbocycles. The molecule has 1 saturated heterocycles. The summed E-state index contributed by atoms with van der Waals surface area (Å²) in [5, 5.41) is 0. The number of carbonyl (C=O) groups is 1. The molecule has 0 saturated carbocycles. The summed E-state index contributed by atoms with van der Waals surface area (Å²) in [4.78, 5) is 14.5. The highest BCUT2D eigenvalue weighted by molar-refractivity contribution is 7.90. The zero-order chi connectivity index (χ0) is 17.6. The molecule has 134 valence electrons. The number of nitrogens with zero attached hydrogens (tertiary/aromatic N) is 1. The molecular weight excluding hydrogens is 330 g/mol. The van der Waals surface area contributed by atoms with Crippen molar-refractivity contribution in [2.45, 2.75) is 17.7 Å². The molecule has 7 heteroatoms. The van der Waals surface area contributed by atoms with Gasteiger partial charge in [-0.1, -0.05) is 0 Å². The van der Waals surface area contributed by atoms with Gasteiger partial charge in [0.25, 0.3) is 5.91 Å². The number of piperidine rings is 1. The number of carbonyl (C=O) groups excluding carboxylic acids is 1. The Morgan fingerprint density at radius 3 is 2.33 bits per heavy atom. The molecule has 1 amide bonds. The average Bonchev–Trinajstić information content (AvgIpc) is 2.58. The van der Waals surface area contributed by atoms with Gasteiger partial charge in [-0.2, -0.15) is 0 Å². The van der Waals surface area contributed by atoms with E-state index < -0.39 is 9.84 Å².